The van der Waals surface area contributed by atoms with Crippen LogP contribution in [0.3, 0.4) is 0 Å². The van der Waals surface area contributed by atoms with Crippen LogP contribution < -0.4 is 10.4 Å². The summed E-state index contributed by atoms with van der Waals surface area (Å²) in [7, 11) is 0. The van der Waals surface area contributed by atoms with Gasteiger partial charge in [-0.3, -0.25) is 0 Å². The van der Waals surface area contributed by atoms with Gasteiger partial charge in [0.2, 0.25) is 0 Å². The van der Waals surface area contributed by atoms with Crippen molar-refractivity contribution in [2.24, 2.45) is 0 Å². The Hall–Kier alpha value is -2.81. The first-order chi connectivity index (χ1) is 14.1. The van der Waals surface area contributed by atoms with Gasteiger partial charge in [0.1, 0.15) is 17.9 Å². The fraction of sp³-hybridized carbons (Fsp3) is 0.346. The minimum Gasteiger partial charge on any atom is -0.489 e. The van der Waals surface area contributed by atoms with Crippen molar-refractivity contribution >= 4 is 17.0 Å². The second-order valence-electron chi connectivity index (χ2n) is 7.49. The molecule has 0 aliphatic rings. The number of ether oxygens (including phenoxy) is 1. The topological polar surface area (TPSA) is 39.4 Å². The molecular formula is C26H30O3. The summed E-state index contributed by atoms with van der Waals surface area (Å²) >= 11 is 0. The lowest BCUT2D eigenvalue weighted by Crippen LogP contribution is -2.11. The summed E-state index contributed by atoms with van der Waals surface area (Å²) in [6, 6.07) is 14.1. The fourth-order valence-corrected chi connectivity index (χ4v) is 3.63. The van der Waals surface area contributed by atoms with Crippen LogP contribution in [0.4, 0.5) is 0 Å². The van der Waals surface area contributed by atoms with Crippen molar-refractivity contribution in [1.29, 1.82) is 0 Å². The lowest BCUT2D eigenvalue weighted by molar-refractivity contribution is 0.360. The molecule has 0 amide bonds. The lowest BCUT2D eigenvalue weighted by atomic mass is 9.99. The third kappa shape index (κ3) is 5.17. The molecule has 3 heteroatoms. The van der Waals surface area contributed by atoms with Gasteiger partial charge in [0, 0.05) is 16.5 Å². The van der Waals surface area contributed by atoms with Gasteiger partial charge in [0.25, 0.3) is 0 Å². The number of fused-ring (bicyclic) bond motifs is 1. The van der Waals surface area contributed by atoms with Crippen molar-refractivity contribution < 1.29 is 9.15 Å². The maximum absolute atomic E-state index is 12.6. The van der Waals surface area contributed by atoms with Gasteiger partial charge in [0.05, 0.1) is 0 Å². The molecule has 0 bridgehead atoms. The SMILES string of the molecule is CCCCCCc1c(C)c2ccc(OCC=Cc3ccccc3)c(C)c2oc1=O. The monoisotopic (exact) mass is 390 g/mol. The average Bonchev–Trinajstić information content (AvgIpc) is 2.73. The van der Waals surface area contributed by atoms with Gasteiger partial charge in [-0.2, -0.15) is 0 Å². The van der Waals surface area contributed by atoms with Gasteiger partial charge < -0.3 is 9.15 Å². The lowest BCUT2D eigenvalue weighted by Gasteiger charge is -2.12. The minimum atomic E-state index is -0.212. The number of hydrogen-bond donors (Lipinski definition) is 0. The quantitative estimate of drug-likeness (QED) is 0.304. The maximum Gasteiger partial charge on any atom is 0.339 e. The zero-order valence-corrected chi connectivity index (χ0v) is 17.7. The highest BCUT2D eigenvalue weighted by Gasteiger charge is 2.14. The van der Waals surface area contributed by atoms with Crippen molar-refractivity contribution in [3.63, 3.8) is 0 Å². The molecule has 0 saturated carbocycles. The molecule has 0 saturated heterocycles. The third-order valence-electron chi connectivity index (χ3n) is 5.38. The van der Waals surface area contributed by atoms with Crippen LogP contribution in [-0.4, -0.2) is 6.61 Å². The van der Waals surface area contributed by atoms with Crippen LogP contribution in [-0.2, 0) is 6.42 Å². The van der Waals surface area contributed by atoms with E-state index < -0.39 is 0 Å². The van der Waals surface area contributed by atoms with Gasteiger partial charge in [-0.25, -0.2) is 4.79 Å². The molecule has 152 valence electrons. The van der Waals surface area contributed by atoms with E-state index in [0.717, 1.165) is 52.7 Å². The summed E-state index contributed by atoms with van der Waals surface area (Å²) in [6.45, 7) is 6.62. The van der Waals surface area contributed by atoms with Crippen molar-refractivity contribution in [3.05, 3.63) is 81.2 Å². The summed E-state index contributed by atoms with van der Waals surface area (Å²) in [5.74, 6) is 0.744. The molecule has 0 N–H and O–H groups in total. The van der Waals surface area contributed by atoms with Crippen LogP contribution in [0.2, 0.25) is 0 Å². The third-order valence-corrected chi connectivity index (χ3v) is 5.38. The Morgan fingerprint density at radius 2 is 1.76 bits per heavy atom. The standard InChI is InChI=1S/C26H30O3/c1-4-5-6-10-15-23-19(2)22-16-17-24(20(3)25(22)29-26(23)27)28-18-11-14-21-12-8-7-9-13-21/h7-9,11-14,16-17H,4-6,10,15,18H2,1-3H3. The highest BCUT2D eigenvalue weighted by atomic mass is 16.5. The Morgan fingerprint density at radius 1 is 0.966 bits per heavy atom. The number of unbranched alkanes of at least 4 members (excludes halogenated alkanes) is 3. The molecule has 0 radical (unpaired) electrons. The molecule has 0 fully saturated rings. The zero-order valence-electron chi connectivity index (χ0n) is 17.7. The normalized spacial score (nSPS) is 11.4. The summed E-state index contributed by atoms with van der Waals surface area (Å²) in [4.78, 5) is 12.6. The maximum atomic E-state index is 12.6. The number of aryl methyl sites for hydroxylation is 2. The largest absolute Gasteiger partial charge is 0.489 e. The van der Waals surface area contributed by atoms with Crippen molar-refractivity contribution in [2.45, 2.75) is 52.9 Å². The fourth-order valence-electron chi connectivity index (χ4n) is 3.63. The van der Waals surface area contributed by atoms with Gasteiger partial charge in [-0.05, 0) is 56.0 Å². The molecule has 1 aromatic heterocycles. The predicted octanol–water partition coefficient (Wildman–Crippen LogP) is 6.62. The first-order valence-electron chi connectivity index (χ1n) is 10.5. The molecule has 0 spiro atoms. The van der Waals surface area contributed by atoms with E-state index in [1.165, 1.54) is 12.8 Å². The zero-order chi connectivity index (χ0) is 20.6. The first kappa shape index (κ1) is 20.9. The van der Waals surface area contributed by atoms with Gasteiger partial charge >= 0.3 is 5.63 Å². The average molecular weight is 391 g/mol. The van der Waals surface area contributed by atoms with E-state index in [1.807, 2.05) is 56.3 Å². The smallest absolute Gasteiger partial charge is 0.339 e. The van der Waals surface area contributed by atoms with Crippen LogP contribution in [0.15, 0.2) is 57.8 Å². The molecule has 3 rings (SSSR count). The highest BCUT2D eigenvalue weighted by Crippen LogP contribution is 2.29. The summed E-state index contributed by atoms with van der Waals surface area (Å²) in [5, 5.41) is 1.000. The summed E-state index contributed by atoms with van der Waals surface area (Å²) < 4.78 is 11.6. The van der Waals surface area contributed by atoms with Gasteiger partial charge in [0.15, 0.2) is 0 Å². The van der Waals surface area contributed by atoms with Gasteiger partial charge in [-0.1, -0.05) is 62.6 Å². The van der Waals surface area contributed by atoms with E-state index in [4.69, 9.17) is 9.15 Å². The number of rotatable bonds is 9. The van der Waals surface area contributed by atoms with E-state index in [9.17, 15) is 4.79 Å². The molecule has 1 heterocycles. The second kappa shape index (κ2) is 10.1. The van der Waals surface area contributed by atoms with Crippen LogP contribution in [0.5, 0.6) is 5.75 Å². The number of hydrogen-bond acceptors (Lipinski definition) is 3. The molecule has 0 aliphatic carbocycles. The first-order valence-corrected chi connectivity index (χ1v) is 10.5. The molecule has 3 nitrogen and oxygen atoms in total. The van der Waals surface area contributed by atoms with Crippen LogP contribution in [0.25, 0.3) is 17.0 Å². The molecule has 29 heavy (non-hydrogen) atoms. The Labute approximate surface area is 173 Å². The van der Waals surface area contributed by atoms with Crippen LogP contribution >= 0.6 is 0 Å². The number of benzene rings is 2. The Bertz CT molecular complexity index is 1030. The summed E-state index contributed by atoms with van der Waals surface area (Å²) in [5.41, 5.74) is 4.27. The van der Waals surface area contributed by atoms with Gasteiger partial charge in [-0.15, -0.1) is 0 Å². The predicted molar refractivity (Wildman–Crippen MR) is 121 cm³/mol. The molecule has 2 aromatic carbocycles. The van der Waals surface area contributed by atoms with E-state index in [-0.39, 0.29) is 5.63 Å². The van der Waals surface area contributed by atoms with E-state index >= 15 is 0 Å². The minimum absolute atomic E-state index is 0.212. The van der Waals surface area contributed by atoms with Crippen LogP contribution in [0.1, 0.15) is 54.9 Å². The van der Waals surface area contributed by atoms with Crippen LogP contribution in [0, 0.1) is 13.8 Å². The Kier molecular flexibility index (Phi) is 7.29. The molecule has 0 atom stereocenters. The van der Waals surface area contributed by atoms with Crippen molar-refractivity contribution in [3.8, 4) is 5.75 Å². The molecule has 3 aromatic rings. The molecule has 0 aliphatic heterocycles. The van der Waals surface area contributed by atoms with Crippen molar-refractivity contribution in [1.82, 2.24) is 0 Å². The second-order valence-corrected chi connectivity index (χ2v) is 7.49. The van der Waals surface area contributed by atoms with E-state index in [2.05, 4.69) is 19.1 Å². The Morgan fingerprint density at radius 3 is 2.52 bits per heavy atom. The van der Waals surface area contributed by atoms with E-state index in [0.29, 0.717) is 12.2 Å². The summed E-state index contributed by atoms with van der Waals surface area (Å²) in [6.07, 6.45) is 9.37. The Balaban J connectivity index is 1.76. The van der Waals surface area contributed by atoms with E-state index in [1.54, 1.807) is 0 Å². The molecule has 0 unspecified atom stereocenters. The van der Waals surface area contributed by atoms with Crippen molar-refractivity contribution in [2.75, 3.05) is 6.61 Å². The molecular weight excluding hydrogens is 360 g/mol. The highest BCUT2D eigenvalue weighted by molar-refractivity contribution is 5.85.